The highest BCUT2D eigenvalue weighted by atomic mass is 127. The number of halogens is 1. The molecule has 21 heavy (non-hydrogen) atoms. The Balaban J connectivity index is 2.12. The van der Waals surface area contributed by atoms with Crippen LogP contribution in [-0.4, -0.2) is 19.9 Å². The first-order chi connectivity index (χ1) is 10.1. The number of aromatic nitrogens is 3. The van der Waals surface area contributed by atoms with Gasteiger partial charge in [-0.1, -0.05) is 0 Å². The summed E-state index contributed by atoms with van der Waals surface area (Å²) in [6.07, 6.45) is 0. The molecule has 0 amide bonds. The average molecular weight is 390 g/mol. The van der Waals surface area contributed by atoms with E-state index in [0.29, 0.717) is 16.7 Å². The molecule has 102 valence electrons. The van der Waals surface area contributed by atoms with Crippen LogP contribution in [0.1, 0.15) is 0 Å². The molecule has 2 aromatic heterocycles. The fraction of sp³-hybridized carbons (Fsp3) is 0. The number of nitro groups is 1. The molecule has 0 spiro atoms. The van der Waals surface area contributed by atoms with E-state index < -0.39 is 4.92 Å². The van der Waals surface area contributed by atoms with Gasteiger partial charge < -0.3 is 4.98 Å². The lowest BCUT2D eigenvalue weighted by Gasteiger charge is -1.98. The fourth-order valence-corrected chi connectivity index (χ4v) is 2.87. The Kier molecular flexibility index (Phi) is 2.58. The summed E-state index contributed by atoms with van der Waals surface area (Å²) in [5, 5.41) is 11.8. The highest BCUT2D eigenvalue weighted by molar-refractivity contribution is 14.1. The Bertz CT molecular complexity index is 1040. The van der Waals surface area contributed by atoms with Crippen molar-refractivity contribution >= 4 is 61.4 Å². The first-order valence-corrected chi connectivity index (χ1v) is 7.23. The Hall–Kier alpha value is -2.29. The van der Waals surface area contributed by atoms with E-state index in [0.717, 1.165) is 20.0 Å². The van der Waals surface area contributed by atoms with E-state index in [4.69, 9.17) is 0 Å². The average Bonchev–Trinajstić information content (AvgIpc) is 2.81. The number of hydrogen-bond donors (Lipinski definition) is 1. The van der Waals surface area contributed by atoms with Gasteiger partial charge in [0.2, 0.25) is 0 Å². The van der Waals surface area contributed by atoms with Gasteiger partial charge in [-0.05, 0) is 46.9 Å². The second-order valence-corrected chi connectivity index (χ2v) is 5.91. The predicted molar refractivity (Wildman–Crippen MR) is 88.3 cm³/mol. The van der Waals surface area contributed by atoms with Gasteiger partial charge in [0.15, 0.2) is 5.65 Å². The van der Waals surface area contributed by atoms with Crippen LogP contribution in [0.15, 0.2) is 36.4 Å². The Morgan fingerprint density at radius 2 is 1.95 bits per heavy atom. The van der Waals surface area contributed by atoms with Gasteiger partial charge in [-0.3, -0.25) is 10.1 Å². The van der Waals surface area contributed by atoms with Gasteiger partial charge in [0.05, 0.1) is 16.0 Å². The molecule has 0 atom stereocenters. The van der Waals surface area contributed by atoms with Crippen LogP contribution < -0.4 is 0 Å². The van der Waals surface area contributed by atoms with Crippen molar-refractivity contribution in [2.24, 2.45) is 0 Å². The van der Waals surface area contributed by atoms with E-state index in [1.807, 2.05) is 18.2 Å². The van der Waals surface area contributed by atoms with E-state index in [2.05, 4.69) is 37.5 Å². The molecular formula is C14H7IN4O2. The van der Waals surface area contributed by atoms with Crippen LogP contribution in [0.4, 0.5) is 5.69 Å². The molecule has 1 N–H and O–H groups in total. The van der Waals surface area contributed by atoms with Crippen molar-refractivity contribution in [1.82, 2.24) is 15.0 Å². The van der Waals surface area contributed by atoms with Gasteiger partial charge in [-0.2, -0.15) is 0 Å². The SMILES string of the molecule is O=[N+]([O-])c1ccc2nc3[nH]c4ccc(I)cc4c3nc2c1. The molecule has 0 aliphatic rings. The molecule has 0 radical (unpaired) electrons. The normalized spacial score (nSPS) is 11.5. The van der Waals surface area contributed by atoms with E-state index in [1.165, 1.54) is 12.1 Å². The van der Waals surface area contributed by atoms with Crippen LogP contribution in [-0.2, 0) is 0 Å². The standard InChI is InChI=1S/C14H7IN4O2/c15-7-1-3-10-9(5-7)13-14(17-10)18-11-4-2-8(19(20)21)6-12(11)16-13/h1-6H,(H,17,18). The lowest BCUT2D eigenvalue weighted by Crippen LogP contribution is -1.90. The van der Waals surface area contributed by atoms with Gasteiger partial charge >= 0.3 is 0 Å². The van der Waals surface area contributed by atoms with E-state index in [-0.39, 0.29) is 5.69 Å². The van der Waals surface area contributed by atoms with Crippen molar-refractivity contribution in [3.63, 3.8) is 0 Å². The van der Waals surface area contributed by atoms with Crippen molar-refractivity contribution in [3.05, 3.63) is 50.1 Å². The first-order valence-electron chi connectivity index (χ1n) is 6.15. The third-order valence-electron chi connectivity index (χ3n) is 3.35. The van der Waals surface area contributed by atoms with E-state index in [9.17, 15) is 10.1 Å². The molecule has 0 fully saturated rings. The summed E-state index contributed by atoms with van der Waals surface area (Å²) < 4.78 is 1.10. The maximum absolute atomic E-state index is 10.9. The third-order valence-corrected chi connectivity index (χ3v) is 4.02. The van der Waals surface area contributed by atoms with E-state index in [1.54, 1.807) is 6.07 Å². The van der Waals surface area contributed by atoms with Crippen LogP contribution >= 0.6 is 22.6 Å². The number of fused-ring (bicyclic) bond motifs is 4. The van der Waals surface area contributed by atoms with Gasteiger partial charge in [0.25, 0.3) is 5.69 Å². The van der Waals surface area contributed by atoms with Crippen LogP contribution in [0.3, 0.4) is 0 Å². The number of nitrogens with one attached hydrogen (secondary N) is 1. The summed E-state index contributed by atoms with van der Waals surface area (Å²) in [7, 11) is 0. The van der Waals surface area contributed by atoms with Gasteiger partial charge in [-0.15, -0.1) is 0 Å². The monoisotopic (exact) mass is 390 g/mol. The smallest absolute Gasteiger partial charge is 0.271 e. The molecule has 0 bridgehead atoms. The zero-order chi connectivity index (χ0) is 14.6. The Morgan fingerprint density at radius 3 is 2.76 bits per heavy atom. The minimum absolute atomic E-state index is 0.0190. The summed E-state index contributed by atoms with van der Waals surface area (Å²) in [6, 6.07) is 10.5. The molecule has 2 heterocycles. The molecule has 0 aliphatic carbocycles. The van der Waals surface area contributed by atoms with Crippen molar-refractivity contribution in [2.75, 3.05) is 0 Å². The molecule has 0 unspecified atom stereocenters. The number of nitrogens with zero attached hydrogens (tertiary/aromatic N) is 3. The minimum atomic E-state index is -0.427. The van der Waals surface area contributed by atoms with Crippen molar-refractivity contribution in [2.45, 2.75) is 0 Å². The van der Waals surface area contributed by atoms with Crippen molar-refractivity contribution < 1.29 is 4.92 Å². The molecule has 7 heteroatoms. The largest absolute Gasteiger partial charge is 0.338 e. The second kappa shape index (κ2) is 4.35. The van der Waals surface area contributed by atoms with E-state index >= 15 is 0 Å². The summed E-state index contributed by atoms with van der Waals surface area (Å²) in [5.74, 6) is 0. The van der Waals surface area contributed by atoms with Gasteiger partial charge in [-0.25, -0.2) is 9.97 Å². The zero-order valence-corrected chi connectivity index (χ0v) is 12.7. The first kappa shape index (κ1) is 12.5. The van der Waals surface area contributed by atoms with Crippen molar-refractivity contribution in [3.8, 4) is 0 Å². The third kappa shape index (κ3) is 1.92. The van der Waals surface area contributed by atoms with Crippen molar-refractivity contribution in [1.29, 1.82) is 0 Å². The summed E-state index contributed by atoms with van der Waals surface area (Å²) in [6.45, 7) is 0. The number of benzene rings is 2. The molecular weight excluding hydrogens is 383 g/mol. The molecule has 4 rings (SSSR count). The second-order valence-electron chi connectivity index (χ2n) is 4.67. The van der Waals surface area contributed by atoms with Crippen LogP contribution in [0.2, 0.25) is 0 Å². The lowest BCUT2D eigenvalue weighted by atomic mass is 10.2. The molecule has 0 saturated carbocycles. The minimum Gasteiger partial charge on any atom is -0.338 e. The molecule has 6 nitrogen and oxygen atoms in total. The topological polar surface area (TPSA) is 84.7 Å². The molecule has 2 aromatic carbocycles. The molecule has 0 aliphatic heterocycles. The number of hydrogen-bond acceptors (Lipinski definition) is 4. The number of H-pyrrole nitrogens is 1. The number of non-ortho nitro benzene ring substituents is 1. The van der Waals surface area contributed by atoms with Crippen LogP contribution in [0.5, 0.6) is 0 Å². The molecule has 4 aromatic rings. The summed E-state index contributed by atoms with van der Waals surface area (Å²) in [4.78, 5) is 22.7. The summed E-state index contributed by atoms with van der Waals surface area (Å²) in [5.41, 5.74) is 3.55. The zero-order valence-electron chi connectivity index (χ0n) is 10.5. The quantitative estimate of drug-likeness (QED) is 0.305. The number of rotatable bonds is 1. The Labute approximate surface area is 131 Å². The van der Waals surface area contributed by atoms with Gasteiger partial charge in [0, 0.05) is 26.6 Å². The maximum atomic E-state index is 10.9. The summed E-state index contributed by atoms with van der Waals surface area (Å²) >= 11 is 2.24. The number of aromatic amines is 1. The predicted octanol–water partition coefficient (Wildman–Crippen LogP) is 3.78. The lowest BCUT2D eigenvalue weighted by molar-refractivity contribution is -0.384. The Morgan fingerprint density at radius 1 is 1.10 bits per heavy atom. The van der Waals surface area contributed by atoms with Crippen LogP contribution in [0.25, 0.3) is 33.1 Å². The highest BCUT2D eigenvalue weighted by Crippen LogP contribution is 2.27. The fourth-order valence-electron chi connectivity index (χ4n) is 2.38. The number of nitro benzene ring substituents is 1. The highest BCUT2D eigenvalue weighted by Gasteiger charge is 2.12. The molecule has 0 saturated heterocycles. The van der Waals surface area contributed by atoms with Crippen LogP contribution in [0, 0.1) is 13.7 Å². The van der Waals surface area contributed by atoms with Gasteiger partial charge in [0.1, 0.15) is 5.52 Å². The maximum Gasteiger partial charge on any atom is 0.271 e.